The van der Waals surface area contributed by atoms with E-state index in [0.717, 1.165) is 48.8 Å². The number of hydrogen-bond donors (Lipinski definition) is 8. The van der Waals surface area contributed by atoms with Crippen LogP contribution in [0.4, 0.5) is 0 Å². The van der Waals surface area contributed by atoms with Crippen molar-refractivity contribution in [3.63, 3.8) is 0 Å². The van der Waals surface area contributed by atoms with Crippen LogP contribution in [-0.4, -0.2) is 124 Å². The number of piperidine rings is 1. The molecule has 0 bridgehead atoms. The number of primary amides is 1. The van der Waals surface area contributed by atoms with Gasteiger partial charge in [0.05, 0.1) is 17.1 Å². The first-order valence-corrected chi connectivity index (χ1v) is 30.0. The zero-order chi connectivity index (χ0) is 59.6. The van der Waals surface area contributed by atoms with Crippen LogP contribution in [0.15, 0.2) is 108 Å². The fraction of sp³-hybridized carbons (Fsp3) is 0.400. The van der Waals surface area contributed by atoms with Gasteiger partial charge in [-0.25, -0.2) is 4.79 Å². The molecule has 1 saturated carbocycles. The Balaban J connectivity index is 0.845. The van der Waals surface area contributed by atoms with E-state index in [1.54, 1.807) is 11.9 Å². The van der Waals surface area contributed by atoms with Crippen molar-refractivity contribution in [3.8, 4) is 0 Å². The maximum atomic E-state index is 15.2. The molecule has 5 heterocycles. The summed E-state index contributed by atoms with van der Waals surface area (Å²) in [5, 5.41) is 11.3. The lowest BCUT2D eigenvalue weighted by molar-refractivity contribution is -0.146. The van der Waals surface area contributed by atoms with Gasteiger partial charge in [-0.2, -0.15) is 0 Å². The van der Waals surface area contributed by atoms with Crippen LogP contribution in [0.1, 0.15) is 127 Å². The van der Waals surface area contributed by atoms with Gasteiger partial charge in [-0.05, 0) is 129 Å². The molecule has 8 amide bonds. The fourth-order valence-electron chi connectivity index (χ4n) is 12.6. The van der Waals surface area contributed by atoms with Crippen LogP contribution < -0.4 is 32.7 Å². The van der Waals surface area contributed by atoms with E-state index in [0.29, 0.717) is 29.4 Å². The zero-order valence-electron chi connectivity index (χ0n) is 46.2. The topological polar surface area (TPSA) is 335 Å². The molecule has 0 radical (unpaired) electrons. The third-order valence-electron chi connectivity index (χ3n) is 17.0. The fourth-order valence-corrected chi connectivity index (χ4v) is 13.1. The number of nitrogens with one attached hydrogen (secondary N) is 5. The van der Waals surface area contributed by atoms with Crippen molar-refractivity contribution in [2.45, 2.75) is 120 Å². The van der Waals surface area contributed by atoms with Crippen LogP contribution in [-0.2, 0) is 51.6 Å². The molecule has 3 aliphatic heterocycles. The second-order valence-corrected chi connectivity index (χ2v) is 24.1. The largest absolute Gasteiger partial charge is 0.396 e. The molecule has 24 heteroatoms. The van der Waals surface area contributed by atoms with Gasteiger partial charge in [-0.3, -0.25) is 62.2 Å². The highest BCUT2D eigenvalue weighted by Gasteiger charge is 2.46. The van der Waals surface area contributed by atoms with Crippen LogP contribution in [0.25, 0.3) is 21.9 Å². The van der Waals surface area contributed by atoms with E-state index < -0.39 is 84.8 Å². The molecule has 440 valence electrons. The first-order chi connectivity index (χ1) is 40.2. The van der Waals surface area contributed by atoms with Gasteiger partial charge in [0, 0.05) is 61.9 Å². The molecular weight excluding hydrogens is 1100 g/mol. The molecule has 2 aromatic heterocycles. The van der Waals surface area contributed by atoms with E-state index in [2.05, 4.69) is 26.3 Å². The smallest absolute Gasteiger partial charge is 0.370 e. The number of hydrogen-bond acceptors (Lipinski definition) is 11. The van der Waals surface area contributed by atoms with Crippen molar-refractivity contribution in [1.29, 1.82) is 0 Å². The van der Waals surface area contributed by atoms with E-state index >= 15 is 4.79 Å². The molecule has 0 spiro atoms. The number of nitrogens with two attached hydrogens (primary N) is 1. The van der Waals surface area contributed by atoms with Gasteiger partial charge in [0.1, 0.15) is 29.9 Å². The number of amides is 8. The molecule has 0 unspecified atom stereocenters. The maximum Gasteiger partial charge on any atom is 0.396 e. The van der Waals surface area contributed by atoms with Gasteiger partial charge in [-0.1, -0.05) is 66.7 Å². The number of benzene rings is 4. The quantitative estimate of drug-likeness (QED) is 0.0448. The third-order valence-corrected chi connectivity index (χ3v) is 17.8. The summed E-state index contributed by atoms with van der Waals surface area (Å²) in [6.07, 6.45) is 4.91. The van der Waals surface area contributed by atoms with Gasteiger partial charge in [0.15, 0.2) is 0 Å². The van der Waals surface area contributed by atoms with Crippen LogP contribution in [0, 0.1) is 11.8 Å². The van der Waals surface area contributed by atoms with Crippen LogP contribution in [0.5, 0.6) is 0 Å². The van der Waals surface area contributed by atoms with Crippen LogP contribution in [0.2, 0.25) is 0 Å². The minimum atomic E-state index is -5.13. The van der Waals surface area contributed by atoms with Crippen molar-refractivity contribution in [2.75, 3.05) is 13.1 Å². The summed E-state index contributed by atoms with van der Waals surface area (Å²) in [6.45, 7) is -0.0654. The summed E-state index contributed by atoms with van der Waals surface area (Å²) >= 11 is 0. The number of imide groups is 1. The molecule has 10 rings (SSSR count). The highest BCUT2D eigenvalue weighted by molar-refractivity contribution is 7.70. The lowest BCUT2D eigenvalue weighted by Crippen LogP contribution is -2.62. The molecule has 4 aliphatic rings. The predicted octanol–water partition coefficient (Wildman–Crippen LogP) is 3.90. The lowest BCUT2D eigenvalue weighted by atomic mass is 9.78. The number of aryl methyl sites for hydroxylation is 1. The number of carbonyl (C=O) groups excluding carboxylic acids is 9. The molecule has 9 N–H and O–H groups in total. The summed E-state index contributed by atoms with van der Waals surface area (Å²) in [7, 11) is -3.47. The minimum Gasteiger partial charge on any atom is -0.370 e. The van der Waals surface area contributed by atoms with Gasteiger partial charge < -0.3 is 46.3 Å². The Bertz CT molecular complexity index is 3640. The van der Waals surface area contributed by atoms with Gasteiger partial charge in [0.2, 0.25) is 41.4 Å². The standard InChI is InChI=1S/C60H67N10O13P/c1-67-49-29-36(16-21-46(49)70(60(67)80)48-23-25-51(72)65-57(48)77)28-34-12-14-35(15-13-34)30-52(73)68-27-26-41-18-22-47(56(76)63-43(20-24-50(61)71)54(74)66-53(37-8-4-2-5-9-37)38-10-6-3-7-11-38)69(41)58(78)45(33-68)64-55(75)44-32-40-31-39(17-19-42(40)62-44)59(79)84(81,82)83/h2-11,16-17,19,21,29,31-32,34-35,41,43,45,47-48,53,62H,12-15,18,20,22-28,30,33H2,1H3,(H2,61,71)(H,63,76)(H,64,75)(H,66,74)(H,65,72,77)(H2,81,82,83)/t34-,35-,41-,43+,45+,47+,48-/m1/s1. The number of fused-ring (bicyclic) bond motifs is 3. The highest BCUT2D eigenvalue weighted by atomic mass is 31.2. The summed E-state index contributed by atoms with van der Waals surface area (Å²) in [5.74, 6) is -4.13. The third kappa shape index (κ3) is 12.8. The molecule has 4 fully saturated rings. The molecule has 1 aliphatic carbocycles. The molecule has 23 nitrogen and oxygen atoms in total. The second-order valence-electron chi connectivity index (χ2n) is 22.6. The van der Waals surface area contributed by atoms with E-state index in [4.69, 9.17) is 5.73 Å². The molecular formula is C60H67N10O13P. The summed E-state index contributed by atoms with van der Waals surface area (Å²) in [6, 6.07) is 23.7. The Morgan fingerprint density at radius 2 is 1.46 bits per heavy atom. The van der Waals surface area contributed by atoms with Crippen LogP contribution in [0.3, 0.4) is 0 Å². The second kappa shape index (κ2) is 24.7. The van der Waals surface area contributed by atoms with E-state index in [1.165, 1.54) is 38.3 Å². The van der Waals surface area contributed by atoms with Crippen molar-refractivity contribution < 1.29 is 57.5 Å². The van der Waals surface area contributed by atoms with Crippen molar-refractivity contribution in [3.05, 3.63) is 142 Å². The average Bonchev–Trinajstić information content (AvgIpc) is 3.38. The summed E-state index contributed by atoms with van der Waals surface area (Å²) < 4.78 is 14.8. The van der Waals surface area contributed by atoms with Crippen molar-refractivity contribution in [2.24, 2.45) is 24.6 Å². The zero-order valence-corrected chi connectivity index (χ0v) is 47.1. The molecule has 5 atom stereocenters. The van der Waals surface area contributed by atoms with Crippen molar-refractivity contribution in [1.82, 2.24) is 45.2 Å². The molecule has 3 saturated heterocycles. The Morgan fingerprint density at radius 1 is 0.774 bits per heavy atom. The van der Waals surface area contributed by atoms with Gasteiger partial charge in [0.25, 0.3) is 11.4 Å². The molecule has 6 aromatic rings. The Morgan fingerprint density at radius 3 is 2.13 bits per heavy atom. The van der Waals surface area contributed by atoms with Gasteiger partial charge in [-0.15, -0.1) is 0 Å². The maximum absolute atomic E-state index is 15.2. The number of nitrogens with zero attached hydrogens (tertiary/aromatic N) is 4. The van der Waals surface area contributed by atoms with E-state index in [-0.39, 0.29) is 97.6 Å². The first-order valence-electron chi connectivity index (χ1n) is 28.4. The van der Waals surface area contributed by atoms with Crippen molar-refractivity contribution >= 4 is 82.3 Å². The number of rotatable bonds is 18. The Hall–Kier alpha value is -8.53. The number of H-pyrrole nitrogens is 1. The molecule has 4 aromatic carbocycles. The summed E-state index contributed by atoms with van der Waals surface area (Å²) in [5.41, 5.74) is 7.66. The minimum absolute atomic E-state index is 0.0221. The predicted molar refractivity (Wildman–Crippen MR) is 306 cm³/mol. The number of carbonyl (C=O) groups is 9. The Labute approximate surface area is 482 Å². The van der Waals surface area contributed by atoms with E-state index in [9.17, 15) is 57.5 Å². The SMILES string of the molecule is Cn1c(=O)n([C@@H]2CCC(=O)NC2=O)c2ccc(C[C@H]3CC[C@H](CC(=O)N4CC[C@H]5CC[C@@H](C(=O)N[C@@H](CCC(N)=O)C(=O)NC(c6ccccc6)c6ccccc6)N5C(=O)[C@@H](NC(=O)c5cc6cc(C(=O)P(=O)(O)O)ccc6[nH]5)C4)CC3)cc21. The average molecular weight is 1170 g/mol. The van der Waals surface area contributed by atoms with E-state index in [1.807, 2.05) is 78.9 Å². The lowest BCUT2D eigenvalue weighted by Gasteiger charge is -2.39. The highest BCUT2D eigenvalue weighted by Crippen LogP contribution is 2.40. The van der Waals surface area contributed by atoms with Gasteiger partial charge >= 0.3 is 13.3 Å². The Kier molecular flexibility index (Phi) is 17.3. The first kappa shape index (κ1) is 58.7. The molecule has 84 heavy (non-hydrogen) atoms. The monoisotopic (exact) mass is 1170 g/mol. The number of imidazole rings is 1. The number of aromatic amines is 1. The number of aromatic nitrogens is 3. The normalized spacial score (nSPS) is 21.5. The summed E-state index contributed by atoms with van der Waals surface area (Å²) in [4.78, 5) is 161. The van der Waals surface area contributed by atoms with Crippen LogP contribution >= 0.6 is 7.60 Å².